The molecule has 6 rings (SSSR count). The SMILES string of the molecule is O=C1C2C(C(=O)N1c1ccc(Cl)cc1)C21C(=O)N(Cc2ccccc2)c2ccccc21. The van der Waals surface area contributed by atoms with E-state index < -0.39 is 17.3 Å². The van der Waals surface area contributed by atoms with Crippen molar-refractivity contribution in [3.05, 3.63) is 95.0 Å². The van der Waals surface area contributed by atoms with E-state index in [-0.39, 0.29) is 17.7 Å². The molecule has 5 nitrogen and oxygen atoms in total. The standard InChI is InChI=1S/C25H17ClN2O3/c26-16-10-12-17(13-11-16)28-22(29)20-21(23(28)30)25(20)18-8-4-5-9-19(18)27(24(25)31)14-15-6-2-1-3-7-15/h1-13,20-21H,14H2. The van der Waals surface area contributed by atoms with Gasteiger partial charge in [-0.1, -0.05) is 60.1 Å². The van der Waals surface area contributed by atoms with Crippen LogP contribution in [0.15, 0.2) is 78.9 Å². The average molecular weight is 429 g/mol. The number of fused-ring (bicyclic) bond motifs is 5. The minimum atomic E-state index is -1.08. The molecule has 2 fully saturated rings. The number of para-hydroxylation sites is 1. The number of benzene rings is 3. The minimum Gasteiger partial charge on any atom is -0.307 e. The van der Waals surface area contributed by atoms with Crippen molar-refractivity contribution < 1.29 is 14.4 Å². The van der Waals surface area contributed by atoms with Crippen LogP contribution < -0.4 is 9.80 Å². The highest BCUT2D eigenvalue weighted by atomic mass is 35.5. The third-order valence-electron chi connectivity index (χ3n) is 6.69. The van der Waals surface area contributed by atoms with Crippen LogP contribution in [-0.4, -0.2) is 17.7 Å². The molecule has 2 atom stereocenters. The third kappa shape index (κ3) is 2.29. The van der Waals surface area contributed by atoms with Crippen LogP contribution in [0.4, 0.5) is 11.4 Å². The third-order valence-corrected chi connectivity index (χ3v) is 6.94. The summed E-state index contributed by atoms with van der Waals surface area (Å²) in [6.45, 7) is 0.404. The molecule has 2 heterocycles. The first-order valence-corrected chi connectivity index (χ1v) is 10.5. The quantitative estimate of drug-likeness (QED) is 0.594. The minimum absolute atomic E-state index is 0.162. The molecule has 1 saturated carbocycles. The van der Waals surface area contributed by atoms with Gasteiger partial charge in [0.05, 0.1) is 24.1 Å². The fourth-order valence-electron chi connectivity index (χ4n) is 5.32. The number of nitrogens with zero attached hydrogens (tertiary/aromatic N) is 2. The molecule has 31 heavy (non-hydrogen) atoms. The topological polar surface area (TPSA) is 57.7 Å². The van der Waals surface area contributed by atoms with E-state index in [4.69, 9.17) is 11.6 Å². The van der Waals surface area contributed by atoms with Crippen molar-refractivity contribution >= 4 is 40.7 Å². The molecule has 1 aliphatic carbocycles. The Labute approximate surface area is 183 Å². The first-order chi connectivity index (χ1) is 15.0. The molecule has 1 spiro atoms. The second kappa shape index (κ2) is 6.28. The van der Waals surface area contributed by atoms with Crippen molar-refractivity contribution in [1.82, 2.24) is 0 Å². The summed E-state index contributed by atoms with van der Waals surface area (Å²) < 4.78 is 0. The van der Waals surface area contributed by atoms with Crippen LogP contribution in [0.1, 0.15) is 11.1 Å². The highest BCUT2D eigenvalue weighted by Gasteiger charge is 2.84. The predicted octanol–water partition coefficient (Wildman–Crippen LogP) is 3.94. The van der Waals surface area contributed by atoms with Gasteiger partial charge in [-0.25, -0.2) is 4.90 Å². The molecular formula is C25H17ClN2O3. The van der Waals surface area contributed by atoms with E-state index in [1.54, 1.807) is 29.2 Å². The number of piperidine rings is 1. The van der Waals surface area contributed by atoms with Crippen molar-refractivity contribution in [1.29, 1.82) is 0 Å². The Bertz CT molecular complexity index is 1230. The molecule has 3 aromatic carbocycles. The zero-order chi connectivity index (χ0) is 21.3. The highest BCUT2D eigenvalue weighted by Crippen LogP contribution is 2.70. The van der Waals surface area contributed by atoms with Gasteiger partial charge < -0.3 is 4.90 Å². The van der Waals surface area contributed by atoms with Crippen LogP contribution in [0.3, 0.4) is 0 Å². The summed E-state index contributed by atoms with van der Waals surface area (Å²) in [6, 6.07) is 23.8. The average Bonchev–Trinajstić information content (AvgIpc) is 3.35. The van der Waals surface area contributed by atoms with Gasteiger partial charge in [-0.15, -0.1) is 0 Å². The van der Waals surface area contributed by atoms with Gasteiger partial charge in [0.2, 0.25) is 17.7 Å². The van der Waals surface area contributed by atoms with Gasteiger partial charge in [0, 0.05) is 10.7 Å². The predicted molar refractivity (Wildman–Crippen MR) is 117 cm³/mol. The summed E-state index contributed by atoms with van der Waals surface area (Å²) in [4.78, 5) is 43.3. The molecule has 6 heteroatoms. The van der Waals surface area contributed by atoms with Crippen LogP contribution in [-0.2, 0) is 26.3 Å². The first kappa shape index (κ1) is 18.3. The summed E-state index contributed by atoms with van der Waals surface area (Å²) in [5.74, 6) is -2.12. The summed E-state index contributed by atoms with van der Waals surface area (Å²) in [6.07, 6.45) is 0. The second-order valence-electron chi connectivity index (χ2n) is 8.21. The van der Waals surface area contributed by atoms with E-state index in [0.29, 0.717) is 17.3 Å². The van der Waals surface area contributed by atoms with E-state index in [1.807, 2.05) is 54.6 Å². The molecule has 3 aliphatic rings. The van der Waals surface area contributed by atoms with Gasteiger partial charge in [0.1, 0.15) is 5.41 Å². The van der Waals surface area contributed by atoms with E-state index in [1.165, 1.54) is 4.90 Å². The maximum atomic E-state index is 13.7. The maximum absolute atomic E-state index is 13.7. The maximum Gasteiger partial charge on any atom is 0.239 e. The fraction of sp³-hybridized carbons (Fsp3) is 0.160. The van der Waals surface area contributed by atoms with Crippen LogP contribution >= 0.6 is 11.6 Å². The molecule has 3 amide bonds. The van der Waals surface area contributed by atoms with E-state index in [2.05, 4.69) is 0 Å². The number of carbonyl (C=O) groups excluding carboxylic acids is 3. The summed E-state index contributed by atoms with van der Waals surface area (Å²) in [5, 5.41) is 0.529. The molecule has 0 bridgehead atoms. The monoisotopic (exact) mass is 428 g/mol. The number of imide groups is 1. The number of rotatable bonds is 3. The number of hydrogen-bond donors (Lipinski definition) is 0. The molecule has 0 aromatic heterocycles. The Balaban J connectivity index is 1.39. The fourth-order valence-corrected chi connectivity index (χ4v) is 5.45. The Morgan fingerprint density at radius 3 is 2.06 bits per heavy atom. The highest BCUT2D eigenvalue weighted by molar-refractivity contribution is 6.33. The number of carbonyl (C=O) groups is 3. The molecule has 3 aromatic rings. The van der Waals surface area contributed by atoms with Gasteiger partial charge >= 0.3 is 0 Å². The zero-order valence-electron chi connectivity index (χ0n) is 16.4. The molecular weight excluding hydrogens is 412 g/mol. The number of anilines is 2. The van der Waals surface area contributed by atoms with E-state index >= 15 is 0 Å². The van der Waals surface area contributed by atoms with Crippen LogP contribution in [0, 0.1) is 11.8 Å². The van der Waals surface area contributed by atoms with Gasteiger partial charge in [0.25, 0.3) is 0 Å². The Morgan fingerprint density at radius 2 is 1.39 bits per heavy atom. The number of hydrogen-bond acceptors (Lipinski definition) is 3. The smallest absolute Gasteiger partial charge is 0.239 e. The Morgan fingerprint density at radius 1 is 0.774 bits per heavy atom. The summed E-state index contributed by atoms with van der Waals surface area (Å²) >= 11 is 5.95. The van der Waals surface area contributed by atoms with Crippen molar-refractivity contribution in [3.63, 3.8) is 0 Å². The van der Waals surface area contributed by atoms with Gasteiger partial charge in [-0.2, -0.15) is 0 Å². The lowest BCUT2D eigenvalue weighted by atomic mass is 9.91. The number of amides is 3. The molecule has 1 saturated heterocycles. The lowest BCUT2D eigenvalue weighted by Crippen LogP contribution is -2.43. The van der Waals surface area contributed by atoms with Crippen LogP contribution in [0.2, 0.25) is 5.02 Å². The van der Waals surface area contributed by atoms with Gasteiger partial charge in [0.15, 0.2) is 0 Å². The van der Waals surface area contributed by atoms with Gasteiger partial charge in [-0.3, -0.25) is 14.4 Å². The van der Waals surface area contributed by atoms with Crippen LogP contribution in [0.25, 0.3) is 0 Å². The lowest BCUT2D eigenvalue weighted by Gasteiger charge is -2.23. The molecule has 2 aliphatic heterocycles. The summed E-state index contributed by atoms with van der Waals surface area (Å²) in [7, 11) is 0. The zero-order valence-corrected chi connectivity index (χ0v) is 17.1. The Hall–Kier alpha value is -3.44. The lowest BCUT2D eigenvalue weighted by molar-refractivity contribution is -0.129. The van der Waals surface area contributed by atoms with Crippen LogP contribution in [0.5, 0.6) is 0 Å². The molecule has 152 valence electrons. The van der Waals surface area contributed by atoms with Crippen molar-refractivity contribution in [2.75, 3.05) is 9.80 Å². The molecule has 0 N–H and O–H groups in total. The van der Waals surface area contributed by atoms with E-state index in [9.17, 15) is 14.4 Å². The largest absolute Gasteiger partial charge is 0.307 e. The first-order valence-electron chi connectivity index (χ1n) is 10.1. The number of halogens is 1. The van der Waals surface area contributed by atoms with E-state index in [0.717, 1.165) is 16.8 Å². The van der Waals surface area contributed by atoms with Gasteiger partial charge in [-0.05, 0) is 41.5 Å². The van der Waals surface area contributed by atoms with Crippen molar-refractivity contribution in [2.24, 2.45) is 11.8 Å². The Kier molecular flexibility index (Phi) is 3.72. The molecule has 0 radical (unpaired) electrons. The summed E-state index contributed by atoms with van der Waals surface area (Å²) in [5.41, 5.74) is 1.96. The van der Waals surface area contributed by atoms with Crippen molar-refractivity contribution in [2.45, 2.75) is 12.0 Å². The molecule has 2 unspecified atom stereocenters. The second-order valence-corrected chi connectivity index (χ2v) is 8.64. The normalized spacial score (nSPS) is 25.9. The van der Waals surface area contributed by atoms with Crippen molar-refractivity contribution in [3.8, 4) is 0 Å².